The van der Waals surface area contributed by atoms with E-state index >= 15 is 0 Å². The highest BCUT2D eigenvalue weighted by Gasteiger charge is 2.29. The first-order valence-corrected chi connectivity index (χ1v) is 28.3. The molecule has 0 aliphatic rings. The summed E-state index contributed by atoms with van der Waals surface area (Å²) in [6, 6.07) is 21.3. The van der Waals surface area contributed by atoms with Gasteiger partial charge in [0, 0.05) is 53.6 Å². The number of halogens is 5. The second-order valence-corrected chi connectivity index (χ2v) is 28.0. The maximum atomic E-state index is 13.7. The zero-order chi connectivity index (χ0) is 69.1. The van der Waals surface area contributed by atoms with E-state index in [9.17, 15) is 73.9 Å². The van der Waals surface area contributed by atoms with Crippen LogP contribution in [0.1, 0.15) is 186 Å². The molecule has 0 saturated heterocycles. The van der Waals surface area contributed by atoms with Crippen molar-refractivity contribution in [2.75, 3.05) is 0 Å². The fourth-order valence-electron chi connectivity index (χ4n) is 9.16. The first kappa shape index (κ1) is 78.1. The van der Waals surface area contributed by atoms with Gasteiger partial charge < -0.3 is 0 Å². The van der Waals surface area contributed by atoms with Crippen molar-refractivity contribution in [3.05, 3.63) is 234 Å². The summed E-state index contributed by atoms with van der Waals surface area (Å²) in [4.78, 5) is 60.2. The van der Waals surface area contributed by atoms with Crippen molar-refractivity contribution in [3.63, 3.8) is 0 Å². The van der Waals surface area contributed by atoms with Crippen LogP contribution in [0.25, 0.3) is 0 Å². The molecule has 0 spiro atoms. The van der Waals surface area contributed by atoms with E-state index in [1.807, 2.05) is 73.6 Å². The molecule has 0 aromatic heterocycles. The minimum absolute atomic E-state index is 0.0258. The Balaban J connectivity index is 0.000000528. The molecule has 0 aliphatic carbocycles. The van der Waals surface area contributed by atoms with Crippen LogP contribution in [0.3, 0.4) is 0 Å². The molecule has 6 rings (SSSR count). The molecule has 0 atom stereocenters. The fraction of sp³-hybridized carbons (Fsp3) is 0.446. The van der Waals surface area contributed by atoms with E-state index in [0.29, 0.717) is 16.1 Å². The lowest BCUT2D eigenvalue weighted by Crippen LogP contribution is -2.15. The maximum absolute atomic E-state index is 13.7. The van der Waals surface area contributed by atoms with Gasteiger partial charge in [-0.05, 0) is 141 Å². The maximum Gasteiger partial charge on any atom is 0.307 e. The van der Waals surface area contributed by atoms with Crippen molar-refractivity contribution >= 4 is 57.3 Å². The van der Waals surface area contributed by atoms with E-state index in [1.165, 1.54) is 30.3 Å². The fourth-order valence-corrected chi connectivity index (χ4v) is 9.85. The number of hydrogen-bond acceptors (Lipinski definition) is 12. The Morgan fingerprint density at radius 2 is 0.716 bits per heavy atom. The standard InChI is InChI=1S/C12H17NO2.C11H14ClNO2.C11H14FNO2.C11H15NO2.C10H12ClNO2.C10H11F2NO2/c1-8-6-10(12(3,4)5)7-9(2)11(8)13(14)15;1-7-5-10(13(14)15)9(12)6-8(7)11(2,3)4;1-7-5-8(13(14)15)6-9(12)10(7)11(2,3)4;1-8-7-9(12(13)14)5-6-10(8)11(2,3)4;1-10(2,3)8-5-4-7(12(13)14)6-9(8)11;1-10(2,3)6-4-5-7(13(14)15)9(12)8(6)11/h6-7H,1-5H3;2*5-6H,1-4H3;5-7H,1-4H3;4-6H,1-3H3;4-5H,1-3H3. The van der Waals surface area contributed by atoms with E-state index in [4.69, 9.17) is 23.2 Å². The van der Waals surface area contributed by atoms with Crippen molar-refractivity contribution in [1.29, 1.82) is 0 Å². The molecule has 6 aromatic carbocycles. The summed E-state index contributed by atoms with van der Waals surface area (Å²) >= 11 is 11.8. The van der Waals surface area contributed by atoms with Gasteiger partial charge in [-0.2, -0.15) is 4.39 Å². The van der Waals surface area contributed by atoms with Gasteiger partial charge in [0.15, 0.2) is 5.82 Å². The Labute approximate surface area is 523 Å². The molecule has 0 aliphatic heterocycles. The molecular formula is C65H83Cl2F3N6O12. The molecule has 480 valence electrons. The highest BCUT2D eigenvalue weighted by atomic mass is 35.5. The van der Waals surface area contributed by atoms with Gasteiger partial charge in [0.2, 0.25) is 5.82 Å². The topological polar surface area (TPSA) is 259 Å². The van der Waals surface area contributed by atoms with Crippen molar-refractivity contribution in [3.8, 4) is 0 Å². The number of nitrogens with zero attached hydrogens (tertiary/aromatic N) is 6. The first-order chi connectivity index (χ1) is 39.6. The average Bonchev–Trinajstić information content (AvgIpc) is 3.52. The van der Waals surface area contributed by atoms with Gasteiger partial charge in [-0.25, -0.2) is 8.78 Å². The molecule has 23 heteroatoms. The van der Waals surface area contributed by atoms with Gasteiger partial charge >= 0.3 is 5.69 Å². The van der Waals surface area contributed by atoms with Crippen molar-refractivity contribution in [2.24, 2.45) is 0 Å². The van der Waals surface area contributed by atoms with Crippen LogP contribution in [0.2, 0.25) is 10.0 Å². The second kappa shape index (κ2) is 30.3. The largest absolute Gasteiger partial charge is 0.307 e. The third-order valence-electron chi connectivity index (χ3n) is 13.3. The first-order valence-electron chi connectivity index (χ1n) is 27.6. The van der Waals surface area contributed by atoms with E-state index in [-0.39, 0.29) is 75.9 Å². The number of nitro benzene ring substituents is 6. The number of aryl methyl sites for hydroxylation is 5. The predicted octanol–water partition coefficient (Wildman–Crippen LogP) is 20.6. The van der Waals surface area contributed by atoms with Gasteiger partial charge in [-0.3, -0.25) is 60.7 Å². The van der Waals surface area contributed by atoms with Crippen LogP contribution in [0.5, 0.6) is 0 Å². The van der Waals surface area contributed by atoms with Gasteiger partial charge in [0.25, 0.3) is 28.4 Å². The number of non-ortho nitro benzene ring substituents is 3. The molecule has 18 nitrogen and oxygen atoms in total. The quantitative estimate of drug-likeness (QED) is 0.111. The summed E-state index contributed by atoms with van der Waals surface area (Å²) in [5.41, 5.74) is 7.28. The summed E-state index contributed by atoms with van der Waals surface area (Å²) in [7, 11) is 0. The van der Waals surface area contributed by atoms with Crippen LogP contribution in [0.4, 0.5) is 47.3 Å². The summed E-state index contributed by atoms with van der Waals surface area (Å²) in [6.45, 7) is 44.6. The van der Waals surface area contributed by atoms with E-state index < -0.39 is 48.2 Å². The minimum Gasteiger partial charge on any atom is -0.258 e. The molecule has 0 amide bonds. The van der Waals surface area contributed by atoms with E-state index in [2.05, 4.69) is 62.3 Å². The number of nitro groups is 6. The Hall–Kier alpha value is -7.91. The Kier molecular flexibility index (Phi) is 26.9. The van der Waals surface area contributed by atoms with Gasteiger partial charge in [-0.1, -0.05) is 160 Å². The Morgan fingerprint density at radius 1 is 0.330 bits per heavy atom. The number of benzene rings is 6. The van der Waals surface area contributed by atoms with Crippen LogP contribution in [0, 0.1) is 113 Å². The minimum atomic E-state index is -1.40. The molecule has 0 unspecified atom stereocenters. The highest BCUT2D eigenvalue weighted by molar-refractivity contribution is 6.32. The monoisotopic (exact) mass is 1270 g/mol. The lowest BCUT2D eigenvalue weighted by molar-refractivity contribution is -0.387. The van der Waals surface area contributed by atoms with Crippen molar-refractivity contribution in [2.45, 2.75) is 192 Å². The zero-order valence-corrected chi connectivity index (χ0v) is 56.1. The summed E-state index contributed by atoms with van der Waals surface area (Å²) < 4.78 is 40.3. The number of hydrogen-bond donors (Lipinski definition) is 0. The number of rotatable bonds is 6. The van der Waals surface area contributed by atoms with E-state index in [0.717, 1.165) is 56.6 Å². The third kappa shape index (κ3) is 22.7. The summed E-state index contributed by atoms with van der Waals surface area (Å²) in [6.07, 6.45) is 0. The SMILES string of the molecule is CC(C)(C)c1ccc([N+](=O)[O-])c(F)c1F.CC(C)(C)c1ccc([N+](=O)[O-])cc1Cl.Cc1cc(C(C)(C)C)cc(C)c1[N+](=O)[O-].Cc1cc([N+](=O)[O-])c(Cl)cc1C(C)(C)C.Cc1cc([N+](=O)[O-])cc(F)c1C(C)(C)C.Cc1cc([N+](=O)[O-])ccc1C(C)(C)C. The molecule has 0 saturated carbocycles. The lowest BCUT2D eigenvalue weighted by atomic mass is 9.83. The lowest BCUT2D eigenvalue weighted by Gasteiger charge is -2.22. The van der Waals surface area contributed by atoms with Crippen molar-refractivity contribution < 1.29 is 42.7 Å². The van der Waals surface area contributed by atoms with E-state index in [1.54, 1.807) is 65.8 Å². The Morgan fingerprint density at radius 3 is 1.06 bits per heavy atom. The smallest absolute Gasteiger partial charge is 0.258 e. The third-order valence-corrected chi connectivity index (χ3v) is 14.0. The summed E-state index contributed by atoms with van der Waals surface area (Å²) in [5.74, 6) is -3.04. The van der Waals surface area contributed by atoms with Crippen LogP contribution in [-0.2, 0) is 32.5 Å². The highest BCUT2D eigenvalue weighted by Crippen LogP contribution is 2.37. The normalized spacial score (nSPS) is 11.5. The second-order valence-electron chi connectivity index (χ2n) is 27.2. The predicted molar refractivity (Wildman–Crippen MR) is 344 cm³/mol. The van der Waals surface area contributed by atoms with Gasteiger partial charge in [0.1, 0.15) is 10.8 Å². The molecule has 88 heavy (non-hydrogen) atoms. The molecular weight excluding hydrogens is 1180 g/mol. The molecule has 0 fully saturated rings. The van der Waals surface area contributed by atoms with Gasteiger partial charge in [-0.15, -0.1) is 0 Å². The zero-order valence-electron chi connectivity index (χ0n) is 54.6. The molecule has 0 radical (unpaired) electrons. The van der Waals surface area contributed by atoms with Crippen LogP contribution in [-0.4, -0.2) is 29.5 Å². The summed E-state index contributed by atoms with van der Waals surface area (Å²) in [5, 5.41) is 63.9. The van der Waals surface area contributed by atoms with Crippen molar-refractivity contribution in [1.82, 2.24) is 0 Å². The Bertz CT molecular complexity index is 3430. The molecule has 0 N–H and O–H groups in total. The van der Waals surface area contributed by atoms with Crippen LogP contribution in [0.15, 0.2) is 84.9 Å². The van der Waals surface area contributed by atoms with Crippen LogP contribution >= 0.6 is 23.2 Å². The molecule has 0 heterocycles. The van der Waals surface area contributed by atoms with Crippen LogP contribution < -0.4 is 0 Å². The molecule has 6 aromatic rings. The molecule has 0 bridgehead atoms. The average molecular weight is 1270 g/mol. The van der Waals surface area contributed by atoms with Gasteiger partial charge in [0.05, 0.1) is 40.6 Å².